The molecule has 86 valence electrons. The molecule has 4 N–H and O–H groups in total. The van der Waals surface area contributed by atoms with Gasteiger partial charge in [0.05, 0.1) is 0 Å². The summed E-state index contributed by atoms with van der Waals surface area (Å²) in [6.07, 6.45) is 0. The van der Waals surface area contributed by atoms with Crippen molar-refractivity contribution in [3.05, 3.63) is 35.5 Å². The van der Waals surface area contributed by atoms with E-state index in [9.17, 15) is 0 Å². The molecule has 0 aliphatic carbocycles. The zero-order valence-electron chi connectivity index (χ0n) is 9.90. The largest absolute Gasteiger partial charge is 0.341 e. The lowest BCUT2D eigenvalue weighted by atomic mass is 10.1. The third-order valence-corrected chi connectivity index (χ3v) is 3.00. The maximum absolute atomic E-state index is 5.79. The molecule has 0 amide bonds. The first-order valence-corrected chi connectivity index (χ1v) is 5.71. The Bertz CT molecular complexity index is 497. The molecule has 0 unspecified atom stereocenters. The van der Waals surface area contributed by atoms with Crippen molar-refractivity contribution in [2.45, 2.75) is 33.0 Å². The number of nitrogens with zero attached hydrogens (tertiary/aromatic N) is 1. The summed E-state index contributed by atoms with van der Waals surface area (Å²) in [4.78, 5) is 0. The van der Waals surface area contributed by atoms with Crippen molar-refractivity contribution >= 4 is 10.9 Å². The molecular formula is C13H19N3. The minimum atomic E-state index is 0.420. The highest BCUT2D eigenvalue weighted by Crippen LogP contribution is 2.26. The SMILES string of the molecule is CC(C)n1c(CN)cc2c(CN)cccc21. The number of aromatic nitrogens is 1. The highest BCUT2D eigenvalue weighted by molar-refractivity contribution is 5.85. The van der Waals surface area contributed by atoms with Crippen LogP contribution >= 0.6 is 0 Å². The van der Waals surface area contributed by atoms with E-state index in [1.807, 2.05) is 0 Å². The van der Waals surface area contributed by atoms with Crippen LogP contribution in [0.25, 0.3) is 10.9 Å². The van der Waals surface area contributed by atoms with E-state index >= 15 is 0 Å². The predicted octanol–water partition coefficient (Wildman–Crippen LogP) is 2.14. The molecule has 0 bridgehead atoms. The summed E-state index contributed by atoms with van der Waals surface area (Å²) in [7, 11) is 0. The Labute approximate surface area is 96.0 Å². The van der Waals surface area contributed by atoms with Crippen molar-refractivity contribution in [1.82, 2.24) is 4.57 Å². The van der Waals surface area contributed by atoms with Crippen LogP contribution < -0.4 is 11.5 Å². The fourth-order valence-corrected chi connectivity index (χ4v) is 2.31. The normalized spacial score (nSPS) is 11.6. The van der Waals surface area contributed by atoms with E-state index in [0.29, 0.717) is 19.1 Å². The highest BCUT2D eigenvalue weighted by Gasteiger charge is 2.11. The minimum Gasteiger partial charge on any atom is -0.341 e. The van der Waals surface area contributed by atoms with Gasteiger partial charge < -0.3 is 16.0 Å². The molecular weight excluding hydrogens is 198 g/mol. The molecule has 16 heavy (non-hydrogen) atoms. The quantitative estimate of drug-likeness (QED) is 0.827. The fourth-order valence-electron chi connectivity index (χ4n) is 2.31. The maximum atomic E-state index is 5.79. The Hall–Kier alpha value is -1.32. The number of fused-ring (bicyclic) bond motifs is 1. The van der Waals surface area contributed by atoms with Crippen LogP contribution in [0.15, 0.2) is 24.3 Å². The first-order chi connectivity index (χ1) is 7.69. The number of hydrogen-bond donors (Lipinski definition) is 2. The van der Waals surface area contributed by atoms with Crippen LogP contribution in [0.5, 0.6) is 0 Å². The fraction of sp³-hybridized carbons (Fsp3) is 0.385. The Morgan fingerprint density at radius 3 is 2.50 bits per heavy atom. The van der Waals surface area contributed by atoms with Gasteiger partial charge in [0.25, 0.3) is 0 Å². The summed E-state index contributed by atoms with van der Waals surface area (Å²) >= 11 is 0. The van der Waals surface area contributed by atoms with E-state index in [2.05, 4.69) is 42.7 Å². The number of benzene rings is 1. The van der Waals surface area contributed by atoms with Crippen molar-refractivity contribution in [2.75, 3.05) is 0 Å². The van der Waals surface area contributed by atoms with Crippen molar-refractivity contribution in [2.24, 2.45) is 11.5 Å². The average molecular weight is 217 g/mol. The van der Waals surface area contributed by atoms with Crippen LogP contribution in [-0.4, -0.2) is 4.57 Å². The lowest BCUT2D eigenvalue weighted by Crippen LogP contribution is -2.09. The molecule has 3 nitrogen and oxygen atoms in total. The standard InChI is InChI=1S/C13H19N3/c1-9(2)16-11(8-15)6-12-10(7-14)4-3-5-13(12)16/h3-6,9H,7-8,14-15H2,1-2H3. The van der Waals surface area contributed by atoms with Gasteiger partial charge in [-0.1, -0.05) is 12.1 Å². The van der Waals surface area contributed by atoms with Crippen LogP contribution in [0.1, 0.15) is 31.1 Å². The summed E-state index contributed by atoms with van der Waals surface area (Å²) in [6.45, 7) is 5.49. The molecule has 0 aliphatic heterocycles. The van der Waals surface area contributed by atoms with Gasteiger partial charge in [0, 0.05) is 35.7 Å². The number of nitrogens with two attached hydrogens (primary N) is 2. The average Bonchev–Trinajstić information content (AvgIpc) is 2.66. The van der Waals surface area contributed by atoms with Crippen LogP contribution in [0.2, 0.25) is 0 Å². The monoisotopic (exact) mass is 217 g/mol. The Kier molecular flexibility index (Phi) is 2.99. The zero-order valence-corrected chi connectivity index (χ0v) is 9.90. The van der Waals surface area contributed by atoms with Crippen molar-refractivity contribution in [1.29, 1.82) is 0 Å². The van der Waals surface area contributed by atoms with Gasteiger partial charge in [0.1, 0.15) is 0 Å². The Balaban J connectivity index is 2.77. The van der Waals surface area contributed by atoms with Gasteiger partial charge in [-0.3, -0.25) is 0 Å². The molecule has 1 heterocycles. The molecule has 0 radical (unpaired) electrons. The summed E-state index contributed by atoms with van der Waals surface area (Å²) in [5.74, 6) is 0. The van der Waals surface area contributed by atoms with Crippen LogP contribution in [0, 0.1) is 0 Å². The van der Waals surface area contributed by atoms with Gasteiger partial charge in [-0.15, -0.1) is 0 Å². The first kappa shape index (κ1) is 11.2. The lowest BCUT2D eigenvalue weighted by Gasteiger charge is -2.13. The molecule has 2 aromatic rings. The van der Waals surface area contributed by atoms with Gasteiger partial charge >= 0.3 is 0 Å². The highest BCUT2D eigenvalue weighted by atomic mass is 15.0. The van der Waals surface area contributed by atoms with Crippen LogP contribution in [-0.2, 0) is 13.1 Å². The first-order valence-electron chi connectivity index (χ1n) is 5.71. The van der Waals surface area contributed by atoms with Crippen LogP contribution in [0.4, 0.5) is 0 Å². The van der Waals surface area contributed by atoms with Crippen molar-refractivity contribution in [3.63, 3.8) is 0 Å². The molecule has 0 fully saturated rings. The van der Waals surface area contributed by atoms with E-state index in [-0.39, 0.29) is 0 Å². The van der Waals surface area contributed by atoms with E-state index in [0.717, 1.165) is 0 Å². The molecule has 1 aromatic carbocycles. The van der Waals surface area contributed by atoms with Crippen molar-refractivity contribution in [3.8, 4) is 0 Å². The minimum absolute atomic E-state index is 0.420. The van der Waals surface area contributed by atoms with E-state index in [4.69, 9.17) is 11.5 Å². The van der Waals surface area contributed by atoms with E-state index < -0.39 is 0 Å². The van der Waals surface area contributed by atoms with Gasteiger partial charge in [0.2, 0.25) is 0 Å². The zero-order chi connectivity index (χ0) is 11.7. The Morgan fingerprint density at radius 2 is 1.94 bits per heavy atom. The predicted molar refractivity (Wildman–Crippen MR) is 68.1 cm³/mol. The second-order valence-electron chi connectivity index (χ2n) is 4.36. The number of hydrogen-bond acceptors (Lipinski definition) is 2. The molecule has 0 atom stereocenters. The van der Waals surface area contributed by atoms with Gasteiger partial charge in [-0.2, -0.15) is 0 Å². The van der Waals surface area contributed by atoms with E-state index in [1.165, 1.54) is 22.2 Å². The summed E-state index contributed by atoms with van der Waals surface area (Å²) in [5, 5.41) is 1.24. The second-order valence-corrected chi connectivity index (χ2v) is 4.36. The molecule has 0 aliphatic rings. The van der Waals surface area contributed by atoms with Gasteiger partial charge in [0.15, 0.2) is 0 Å². The van der Waals surface area contributed by atoms with Gasteiger partial charge in [-0.05, 0) is 31.5 Å². The summed E-state index contributed by atoms with van der Waals surface area (Å²) in [5.41, 5.74) is 15.1. The van der Waals surface area contributed by atoms with Crippen LogP contribution in [0.3, 0.4) is 0 Å². The topological polar surface area (TPSA) is 57.0 Å². The lowest BCUT2D eigenvalue weighted by molar-refractivity contribution is 0.595. The second kappa shape index (κ2) is 4.28. The third kappa shape index (κ3) is 1.62. The number of rotatable bonds is 3. The van der Waals surface area contributed by atoms with Gasteiger partial charge in [-0.25, -0.2) is 0 Å². The van der Waals surface area contributed by atoms with Crippen molar-refractivity contribution < 1.29 is 0 Å². The molecule has 2 rings (SSSR count). The molecule has 1 aromatic heterocycles. The molecule has 0 spiro atoms. The smallest absolute Gasteiger partial charge is 0.0488 e. The Morgan fingerprint density at radius 1 is 1.19 bits per heavy atom. The van der Waals surface area contributed by atoms with E-state index in [1.54, 1.807) is 0 Å². The summed E-state index contributed by atoms with van der Waals surface area (Å²) in [6, 6.07) is 8.85. The summed E-state index contributed by atoms with van der Waals surface area (Å²) < 4.78 is 2.29. The third-order valence-electron chi connectivity index (χ3n) is 3.00. The molecule has 0 saturated heterocycles. The molecule has 0 saturated carbocycles. The maximum Gasteiger partial charge on any atom is 0.0488 e. The molecule has 3 heteroatoms.